The van der Waals surface area contributed by atoms with Gasteiger partial charge in [-0.1, -0.05) is 42.2 Å². The number of aliphatic hydroxyl groups is 1. The summed E-state index contributed by atoms with van der Waals surface area (Å²) < 4.78 is 45.9. The number of carbonyl (C=O) groups excluding carboxylic acids is 1. The molecule has 1 aromatic heterocycles. The van der Waals surface area contributed by atoms with E-state index in [0.29, 0.717) is 70.0 Å². The number of likely N-dealkylation sites (N-methyl/N-ethyl adjacent to an activating group) is 1. The van der Waals surface area contributed by atoms with Gasteiger partial charge < -0.3 is 35.4 Å². The van der Waals surface area contributed by atoms with Gasteiger partial charge in [-0.25, -0.2) is 12.8 Å². The highest BCUT2D eigenvalue weighted by Crippen LogP contribution is 2.40. The van der Waals surface area contributed by atoms with Crippen LogP contribution in [0.1, 0.15) is 40.0 Å². The van der Waals surface area contributed by atoms with E-state index in [2.05, 4.69) is 49.4 Å². The van der Waals surface area contributed by atoms with Gasteiger partial charge in [0.1, 0.15) is 11.5 Å². The molecule has 1 fully saturated rings. The molecule has 6 aromatic rings. The maximum absolute atomic E-state index is 14.2. The number of carbonyl (C=O) groups is 1. The van der Waals surface area contributed by atoms with Crippen LogP contribution in [0.15, 0.2) is 131 Å². The van der Waals surface area contributed by atoms with Crippen LogP contribution in [0.3, 0.4) is 0 Å². The molecule has 0 radical (unpaired) electrons. The van der Waals surface area contributed by atoms with Gasteiger partial charge in [-0.3, -0.25) is 19.6 Å². The first kappa shape index (κ1) is 51.3. The number of sulfonamides is 1. The molecule has 0 saturated carbocycles. The first-order valence-electron chi connectivity index (χ1n) is 23.2. The Morgan fingerprint density at radius 2 is 1.60 bits per heavy atom. The normalized spacial score (nSPS) is 13.6. The minimum absolute atomic E-state index is 0.143. The Hall–Kier alpha value is -6.52. The predicted molar refractivity (Wildman–Crippen MR) is 277 cm³/mol. The third-order valence-corrected chi connectivity index (χ3v) is 14.7. The van der Waals surface area contributed by atoms with Gasteiger partial charge in [0.15, 0.2) is 0 Å². The summed E-state index contributed by atoms with van der Waals surface area (Å²) >= 11 is 1.63. The number of hydrogen-bond acceptors (Lipinski definition) is 11. The number of nitrogens with one attached hydrogen (secondary N) is 4. The van der Waals surface area contributed by atoms with Crippen LogP contribution in [0.5, 0.6) is 0 Å². The van der Waals surface area contributed by atoms with Gasteiger partial charge in [0, 0.05) is 90.1 Å². The van der Waals surface area contributed by atoms with E-state index >= 15 is 0 Å². The molecule has 2 heterocycles. The molecule has 1 atom stereocenters. The van der Waals surface area contributed by atoms with Crippen molar-refractivity contribution in [2.75, 3.05) is 82.3 Å². The molecule has 1 amide bonds. The predicted octanol–water partition coefficient (Wildman–Crippen LogP) is 7.92. The van der Waals surface area contributed by atoms with Gasteiger partial charge in [0.05, 0.1) is 27.7 Å². The zero-order valence-corrected chi connectivity index (χ0v) is 41.2. The molecule has 1 aliphatic rings. The van der Waals surface area contributed by atoms with Crippen molar-refractivity contribution in [1.29, 1.82) is 0 Å². The fourth-order valence-electron chi connectivity index (χ4n) is 8.38. The standard InChI is InChI=1S/C53H59FN8O6S2/c1-38-50(53(64)56-26-8-28-60-31-29-59(3)30-32-60)51(52(61(38)33-34-63)41-17-19-43(54)20-18-41)42-10-7-9-40(35-42)14-13-39-15-21-44(22-16-39)58-70(67,68)47-23-24-48(49(36-47)62(65)66)57-45(25-27-55-2)37-69-46-11-5-4-6-12-46/h4-7,9-12,15-24,35-36,45,55,57-58,63H,8,25-34,37H2,1-3H3,(H,56,64)/t45-/m1/s1. The molecule has 5 N–H and O–H groups in total. The monoisotopic (exact) mass is 986 g/mol. The maximum Gasteiger partial charge on any atom is 0.293 e. The smallest absolute Gasteiger partial charge is 0.293 e. The average molecular weight is 987 g/mol. The van der Waals surface area contributed by atoms with Crippen LogP contribution >= 0.6 is 11.8 Å². The fourth-order valence-corrected chi connectivity index (χ4v) is 10.5. The highest BCUT2D eigenvalue weighted by Gasteiger charge is 2.28. The number of nitro groups is 1. The van der Waals surface area contributed by atoms with Crippen molar-refractivity contribution in [2.24, 2.45) is 0 Å². The summed E-state index contributed by atoms with van der Waals surface area (Å²) in [5, 5.41) is 32.0. The second kappa shape index (κ2) is 24.4. The molecule has 0 spiro atoms. The van der Waals surface area contributed by atoms with E-state index < -0.39 is 20.8 Å². The summed E-state index contributed by atoms with van der Waals surface area (Å²) in [4.78, 5) is 31.4. The zero-order valence-electron chi connectivity index (χ0n) is 39.6. The van der Waals surface area contributed by atoms with Crippen molar-refractivity contribution in [3.63, 3.8) is 0 Å². The quantitative estimate of drug-likeness (QED) is 0.0156. The number of aromatic nitrogens is 1. The number of nitrogens with zero attached hydrogens (tertiary/aromatic N) is 4. The van der Waals surface area contributed by atoms with Crippen molar-refractivity contribution >= 4 is 44.8 Å². The Kier molecular flexibility index (Phi) is 17.9. The molecule has 366 valence electrons. The summed E-state index contributed by atoms with van der Waals surface area (Å²) in [7, 11) is -0.269. The van der Waals surface area contributed by atoms with Gasteiger partial charge >= 0.3 is 0 Å². The van der Waals surface area contributed by atoms with E-state index in [1.54, 1.807) is 48.2 Å². The van der Waals surface area contributed by atoms with Crippen LogP contribution in [-0.4, -0.2) is 117 Å². The van der Waals surface area contributed by atoms with Crippen LogP contribution in [0.2, 0.25) is 0 Å². The van der Waals surface area contributed by atoms with Crippen LogP contribution in [-0.2, 0) is 16.6 Å². The minimum Gasteiger partial charge on any atom is -0.395 e. The first-order chi connectivity index (χ1) is 33.8. The van der Waals surface area contributed by atoms with E-state index in [1.165, 1.54) is 24.3 Å². The Balaban J connectivity index is 1.08. The zero-order chi connectivity index (χ0) is 49.6. The van der Waals surface area contributed by atoms with Crippen LogP contribution in [0.25, 0.3) is 22.4 Å². The van der Waals surface area contributed by atoms with E-state index in [4.69, 9.17) is 0 Å². The van der Waals surface area contributed by atoms with E-state index in [9.17, 15) is 32.8 Å². The van der Waals surface area contributed by atoms with Crippen molar-refractivity contribution in [3.8, 4) is 34.2 Å². The lowest BCUT2D eigenvalue weighted by molar-refractivity contribution is -0.384. The lowest BCUT2D eigenvalue weighted by atomic mass is 9.95. The first-order valence-corrected chi connectivity index (χ1v) is 25.7. The number of nitro benzene ring substituents is 1. The second-order valence-corrected chi connectivity index (χ2v) is 19.9. The van der Waals surface area contributed by atoms with Crippen molar-refractivity contribution < 1.29 is 27.6 Å². The van der Waals surface area contributed by atoms with Gasteiger partial charge in [-0.2, -0.15) is 0 Å². The number of thioether (sulfide) groups is 1. The minimum atomic E-state index is -4.23. The molecule has 14 nitrogen and oxygen atoms in total. The number of aliphatic hydroxyl groups excluding tert-OH is 1. The van der Waals surface area contributed by atoms with Crippen molar-refractivity contribution in [3.05, 3.63) is 160 Å². The molecule has 17 heteroatoms. The van der Waals surface area contributed by atoms with Gasteiger partial charge in [0.25, 0.3) is 21.6 Å². The summed E-state index contributed by atoms with van der Waals surface area (Å²) in [6.45, 7) is 7.93. The van der Waals surface area contributed by atoms with Crippen molar-refractivity contribution in [2.45, 2.75) is 42.1 Å². The molecule has 1 aliphatic heterocycles. The third-order valence-electron chi connectivity index (χ3n) is 12.1. The van der Waals surface area contributed by atoms with E-state index in [1.807, 2.05) is 73.1 Å². The number of anilines is 2. The molecule has 5 aromatic carbocycles. The fraction of sp³-hybridized carbons (Fsp3) is 0.302. The maximum atomic E-state index is 14.2. The number of rotatable bonds is 21. The largest absolute Gasteiger partial charge is 0.395 e. The summed E-state index contributed by atoms with van der Waals surface area (Å²) in [5.74, 6) is 6.33. The SMILES string of the molecule is CNCC[C@H](CSc1ccccc1)Nc1ccc(S(=O)(=O)Nc2ccc(C#Cc3cccc(-c4c(C(=O)NCCCN5CCN(C)CC5)c(C)n(CCO)c4-c4ccc(F)cc4)c3)cc2)cc1[N+](=O)[O-]. The van der Waals surface area contributed by atoms with E-state index in [0.717, 1.165) is 50.1 Å². The number of benzene rings is 5. The molecule has 1 saturated heterocycles. The number of piperazine rings is 1. The Morgan fingerprint density at radius 3 is 2.30 bits per heavy atom. The van der Waals surface area contributed by atoms with Gasteiger partial charge in [-0.05, 0) is 143 Å². The number of hydrogen-bond donors (Lipinski definition) is 5. The molecular formula is C53H59FN8O6S2. The topological polar surface area (TPSA) is 174 Å². The molecule has 0 aliphatic carbocycles. The Labute approximate surface area is 413 Å². The Morgan fingerprint density at radius 1 is 0.871 bits per heavy atom. The lowest BCUT2D eigenvalue weighted by Gasteiger charge is -2.32. The summed E-state index contributed by atoms with van der Waals surface area (Å²) in [5.41, 5.74) is 5.16. The summed E-state index contributed by atoms with van der Waals surface area (Å²) in [6.07, 6.45) is 1.47. The van der Waals surface area contributed by atoms with E-state index in [-0.39, 0.29) is 47.1 Å². The highest BCUT2D eigenvalue weighted by molar-refractivity contribution is 7.99. The molecule has 0 unspecified atom stereocenters. The van der Waals surface area contributed by atoms with Gasteiger partial charge in [-0.15, -0.1) is 11.8 Å². The van der Waals surface area contributed by atoms with Crippen LogP contribution in [0, 0.1) is 34.7 Å². The number of halogens is 1. The van der Waals surface area contributed by atoms with Crippen LogP contribution < -0.4 is 20.7 Å². The molecular weight excluding hydrogens is 928 g/mol. The third kappa shape index (κ3) is 13.4. The summed E-state index contributed by atoms with van der Waals surface area (Å²) in [6, 6.07) is 33.6. The van der Waals surface area contributed by atoms with Crippen LogP contribution in [0.4, 0.5) is 21.5 Å². The molecule has 7 rings (SSSR count). The van der Waals surface area contributed by atoms with Crippen molar-refractivity contribution in [1.82, 2.24) is 25.0 Å². The van der Waals surface area contributed by atoms with Gasteiger partial charge in [0.2, 0.25) is 0 Å². The highest BCUT2D eigenvalue weighted by atomic mass is 32.2. The molecule has 70 heavy (non-hydrogen) atoms. The Bertz CT molecular complexity index is 2920. The molecule has 0 bridgehead atoms. The average Bonchev–Trinajstić information content (AvgIpc) is 3.65. The number of amides is 1. The lowest BCUT2D eigenvalue weighted by Crippen LogP contribution is -2.45. The second-order valence-electron chi connectivity index (χ2n) is 17.1.